The fourth-order valence-electron chi connectivity index (χ4n) is 1.34. The molecule has 1 rings (SSSR count). The number of nitro benzene ring substituents is 1. The number of hydrogen-bond acceptors (Lipinski definition) is 4. The van der Waals surface area contributed by atoms with Gasteiger partial charge in [-0.15, -0.1) is 0 Å². The fourth-order valence-corrected chi connectivity index (χ4v) is 1.34. The lowest BCUT2D eigenvalue weighted by atomic mass is 10.1. The van der Waals surface area contributed by atoms with Crippen LogP contribution in [0, 0.1) is 15.9 Å². The first-order chi connectivity index (χ1) is 8.49. The number of aliphatic hydroxyl groups excluding tert-OH is 1. The largest absolute Gasteiger partial charge is 0.394 e. The van der Waals surface area contributed by atoms with Crippen molar-refractivity contribution >= 4 is 11.6 Å². The predicted octanol–water partition coefficient (Wildman–Crippen LogP) is 1.23. The molecular formula is C11H13FN2O4. The molecule has 0 saturated heterocycles. The van der Waals surface area contributed by atoms with Crippen molar-refractivity contribution in [2.75, 3.05) is 6.61 Å². The number of amides is 1. The van der Waals surface area contributed by atoms with Gasteiger partial charge in [-0.05, 0) is 18.6 Å². The van der Waals surface area contributed by atoms with Crippen molar-refractivity contribution in [1.82, 2.24) is 5.32 Å². The Morgan fingerprint density at radius 1 is 1.61 bits per heavy atom. The lowest BCUT2D eigenvalue weighted by Gasteiger charge is -2.13. The Bertz CT molecular complexity index is 460. The van der Waals surface area contributed by atoms with E-state index in [0.717, 1.165) is 18.2 Å². The summed E-state index contributed by atoms with van der Waals surface area (Å²) in [5, 5.41) is 21.9. The van der Waals surface area contributed by atoms with E-state index in [-0.39, 0.29) is 12.2 Å². The predicted molar refractivity (Wildman–Crippen MR) is 61.7 cm³/mol. The molecule has 98 valence electrons. The average Bonchev–Trinajstić information content (AvgIpc) is 2.35. The molecule has 0 aliphatic carbocycles. The van der Waals surface area contributed by atoms with Crippen LogP contribution < -0.4 is 5.32 Å². The van der Waals surface area contributed by atoms with E-state index in [1.165, 1.54) is 0 Å². The van der Waals surface area contributed by atoms with Gasteiger partial charge in [-0.1, -0.05) is 6.92 Å². The van der Waals surface area contributed by atoms with Crippen LogP contribution in [0.3, 0.4) is 0 Å². The second-order valence-corrected chi connectivity index (χ2v) is 3.68. The van der Waals surface area contributed by atoms with Gasteiger partial charge in [0.2, 0.25) is 5.82 Å². The summed E-state index contributed by atoms with van der Waals surface area (Å²) < 4.78 is 13.1. The summed E-state index contributed by atoms with van der Waals surface area (Å²) in [6.07, 6.45) is 0.519. The van der Waals surface area contributed by atoms with Crippen molar-refractivity contribution in [3.05, 3.63) is 39.7 Å². The number of halogens is 1. The zero-order valence-corrected chi connectivity index (χ0v) is 9.72. The Morgan fingerprint density at radius 2 is 2.28 bits per heavy atom. The van der Waals surface area contributed by atoms with Crippen LogP contribution in [0.2, 0.25) is 0 Å². The van der Waals surface area contributed by atoms with Gasteiger partial charge in [-0.25, -0.2) is 0 Å². The van der Waals surface area contributed by atoms with Crippen molar-refractivity contribution < 1.29 is 19.2 Å². The monoisotopic (exact) mass is 256 g/mol. The number of rotatable bonds is 5. The van der Waals surface area contributed by atoms with Crippen molar-refractivity contribution in [2.45, 2.75) is 19.4 Å². The van der Waals surface area contributed by atoms with E-state index < -0.39 is 28.4 Å². The first-order valence-corrected chi connectivity index (χ1v) is 5.35. The third-order valence-corrected chi connectivity index (χ3v) is 2.45. The molecule has 1 atom stereocenters. The third-order valence-electron chi connectivity index (χ3n) is 2.45. The molecule has 0 aliphatic rings. The van der Waals surface area contributed by atoms with E-state index in [9.17, 15) is 19.3 Å². The Balaban J connectivity index is 2.93. The van der Waals surface area contributed by atoms with E-state index in [1.54, 1.807) is 6.92 Å². The zero-order chi connectivity index (χ0) is 13.7. The minimum absolute atomic E-state index is 0.0185. The van der Waals surface area contributed by atoms with E-state index in [0.29, 0.717) is 6.42 Å². The van der Waals surface area contributed by atoms with Crippen LogP contribution in [-0.2, 0) is 0 Å². The zero-order valence-electron chi connectivity index (χ0n) is 9.72. The smallest absolute Gasteiger partial charge is 0.305 e. The molecule has 18 heavy (non-hydrogen) atoms. The number of hydrogen-bond donors (Lipinski definition) is 2. The fraction of sp³-hybridized carbons (Fsp3) is 0.364. The summed E-state index contributed by atoms with van der Waals surface area (Å²) in [6.45, 7) is 1.54. The van der Waals surface area contributed by atoms with Gasteiger partial charge in [0.05, 0.1) is 17.6 Å². The Kier molecular flexibility index (Phi) is 4.73. The molecule has 0 unspecified atom stereocenters. The van der Waals surface area contributed by atoms with Gasteiger partial charge in [0.1, 0.15) is 0 Å². The molecule has 0 aromatic heterocycles. The minimum atomic E-state index is -0.995. The standard InChI is InChI=1S/C11H13FN2O4/c1-2-8(6-15)13-11(16)7-3-4-9(12)10(5-7)14(17)18/h3-5,8,15H,2,6H2,1H3,(H,13,16)/t8-/m0/s1. The Labute approximate surface area is 103 Å². The highest BCUT2D eigenvalue weighted by Gasteiger charge is 2.18. The molecule has 0 fully saturated rings. The van der Waals surface area contributed by atoms with Gasteiger partial charge < -0.3 is 10.4 Å². The van der Waals surface area contributed by atoms with Gasteiger partial charge in [-0.3, -0.25) is 14.9 Å². The van der Waals surface area contributed by atoms with Crippen LogP contribution in [-0.4, -0.2) is 28.6 Å². The normalized spacial score (nSPS) is 11.9. The highest BCUT2D eigenvalue weighted by molar-refractivity contribution is 5.95. The number of nitrogens with one attached hydrogen (secondary N) is 1. The lowest BCUT2D eigenvalue weighted by molar-refractivity contribution is -0.387. The quantitative estimate of drug-likeness (QED) is 0.612. The number of nitro groups is 1. The molecule has 1 aromatic rings. The third kappa shape index (κ3) is 3.24. The number of benzene rings is 1. The van der Waals surface area contributed by atoms with Crippen LogP contribution in [0.5, 0.6) is 0 Å². The maximum atomic E-state index is 13.1. The molecule has 1 aromatic carbocycles. The SMILES string of the molecule is CC[C@@H](CO)NC(=O)c1ccc(F)c([N+](=O)[O-])c1. The van der Waals surface area contributed by atoms with Crippen molar-refractivity contribution in [2.24, 2.45) is 0 Å². The van der Waals surface area contributed by atoms with Crippen LogP contribution in [0.25, 0.3) is 0 Å². The van der Waals surface area contributed by atoms with Gasteiger partial charge >= 0.3 is 5.69 Å². The van der Waals surface area contributed by atoms with E-state index in [4.69, 9.17) is 5.11 Å². The van der Waals surface area contributed by atoms with Crippen molar-refractivity contribution in [1.29, 1.82) is 0 Å². The summed E-state index contributed by atoms with van der Waals surface area (Å²) in [5.41, 5.74) is -0.769. The molecule has 0 radical (unpaired) electrons. The van der Waals surface area contributed by atoms with Crippen molar-refractivity contribution in [3.63, 3.8) is 0 Å². The molecule has 6 nitrogen and oxygen atoms in total. The maximum absolute atomic E-state index is 13.1. The summed E-state index contributed by atoms with van der Waals surface area (Å²) in [7, 11) is 0. The lowest BCUT2D eigenvalue weighted by Crippen LogP contribution is -2.36. The molecule has 1 amide bonds. The molecule has 0 spiro atoms. The van der Waals surface area contributed by atoms with Gasteiger partial charge in [0.15, 0.2) is 0 Å². The molecule has 7 heteroatoms. The first kappa shape index (κ1) is 14.0. The summed E-state index contributed by atoms with van der Waals surface area (Å²) in [6, 6.07) is 2.46. The van der Waals surface area contributed by atoms with Crippen LogP contribution in [0.4, 0.5) is 10.1 Å². The topological polar surface area (TPSA) is 92.5 Å². The number of carbonyl (C=O) groups excluding carboxylic acids is 1. The van der Waals surface area contributed by atoms with Crippen LogP contribution in [0.15, 0.2) is 18.2 Å². The number of nitrogens with zero attached hydrogens (tertiary/aromatic N) is 1. The van der Waals surface area contributed by atoms with Crippen LogP contribution >= 0.6 is 0 Å². The van der Waals surface area contributed by atoms with E-state index in [2.05, 4.69) is 5.32 Å². The second-order valence-electron chi connectivity index (χ2n) is 3.68. The molecular weight excluding hydrogens is 243 g/mol. The first-order valence-electron chi connectivity index (χ1n) is 5.35. The summed E-state index contributed by atoms with van der Waals surface area (Å²) in [5.74, 6) is -1.58. The highest BCUT2D eigenvalue weighted by atomic mass is 19.1. The molecule has 2 N–H and O–H groups in total. The van der Waals surface area contributed by atoms with E-state index in [1.807, 2.05) is 0 Å². The second kappa shape index (κ2) is 6.06. The molecule has 0 heterocycles. The summed E-state index contributed by atoms with van der Waals surface area (Å²) >= 11 is 0. The number of aliphatic hydroxyl groups is 1. The van der Waals surface area contributed by atoms with Gasteiger partial charge in [0.25, 0.3) is 5.91 Å². The minimum Gasteiger partial charge on any atom is -0.394 e. The van der Waals surface area contributed by atoms with Gasteiger partial charge in [-0.2, -0.15) is 4.39 Å². The molecule has 0 saturated carbocycles. The van der Waals surface area contributed by atoms with E-state index >= 15 is 0 Å². The molecule has 0 aliphatic heterocycles. The molecule has 0 bridgehead atoms. The Hall–Kier alpha value is -2.02. The number of carbonyl (C=O) groups is 1. The summed E-state index contributed by atoms with van der Waals surface area (Å²) in [4.78, 5) is 21.3. The maximum Gasteiger partial charge on any atom is 0.305 e. The Morgan fingerprint density at radius 3 is 2.78 bits per heavy atom. The van der Waals surface area contributed by atoms with Gasteiger partial charge in [0, 0.05) is 11.6 Å². The highest BCUT2D eigenvalue weighted by Crippen LogP contribution is 2.18. The average molecular weight is 256 g/mol. The van der Waals surface area contributed by atoms with Crippen molar-refractivity contribution in [3.8, 4) is 0 Å². The van der Waals surface area contributed by atoms with Crippen LogP contribution in [0.1, 0.15) is 23.7 Å².